The molecule has 0 saturated carbocycles. The summed E-state index contributed by atoms with van der Waals surface area (Å²) in [5.74, 6) is -6.27. The van der Waals surface area contributed by atoms with Gasteiger partial charge in [-0.1, -0.05) is 11.2 Å². The molecule has 1 aromatic carbocycles. The zero-order valence-electron chi connectivity index (χ0n) is 11.7. The van der Waals surface area contributed by atoms with Gasteiger partial charge >= 0.3 is 12.1 Å². The van der Waals surface area contributed by atoms with Gasteiger partial charge in [-0.2, -0.15) is 22.0 Å². The van der Waals surface area contributed by atoms with E-state index < -0.39 is 39.6 Å². The molecular weight excluding hydrogens is 343 g/mol. The van der Waals surface area contributed by atoms with Crippen molar-refractivity contribution in [3.05, 3.63) is 57.0 Å². The van der Waals surface area contributed by atoms with Crippen molar-refractivity contribution in [2.75, 3.05) is 0 Å². The van der Waals surface area contributed by atoms with Crippen molar-refractivity contribution in [1.82, 2.24) is 5.16 Å². The van der Waals surface area contributed by atoms with E-state index in [1.165, 1.54) is 6.92 Å². The largest absolute Gasteiger partial charge is 0.458 e. The molecule has 0 N–H and O–H groups in total. The molecule has 0 aliphatic carbocycles. The first kappa shape index (κ1) is 17.5. The van der Waals surface area contributed by atoms with Crippen LogP contribution in [0.1, 0.15) is 27.2 Å². The summed E-state index contributed by atoms with van der Waals surface area (Å²) < 4.78 is 68.4. The molecule has 0 unspecified atom stereocenters. The molecule has 0 aliphatic rings. The van der Waals surface area contributed by atoms with Gasteiger partial charge in [0, 0.05) is 11.6 Å². The van der Waals surface area contributed by atoms with Crippen molar-refractivity contribution < 1.29 is 36.2 Å². The smallest absolute Gasteiger partial charge is 0.361 e. The lowest BCUT2D eigenvalue weighted by atomic mass is 9.98. The van der Waals surface area contributed by atoms with Gasteiger partial charge < -0.3 is 4.52 Å². The number of benzene rings is 1. The number of ketones is 1. The van der Waals surface area contributed by atoms with Crippen LogP contribution in [0.15, 0.2) is 28.9 Å². The Hall–Kier alpha value is -2.85. The second-order valence-corrected chi connectivity index (χ2v) is 4.69. The molecule has 128 valence electrons. The minimum Gasteiger partial charge on any atom is -0.361 e. The van der Waals surface area contributed by atoms with Gasteiger partial charge in [0.15, 0.2) is 0 Å². The predicted octanol–water partition coefficient (Wildman–Crippen LogP) is 3.78. The van der Waals surface area contributed by atoms with Gasteiger partial charge in [-0.3, -0.25) is 14.9 Å². The quantitative estimate of drug-likeness (QED) is 0.363. The van der Waals surface area contributed by atoms with Gasteiger partial charge in [0.25, 0.3) is 5.69 Å². The first-order valence-electron chi connectivity index (χ1n) is 6.16. The van der Waals surface area contributed by atoms with E-state index >= 15 is 0 Å². The van der Waals surface area contributed by atoms with E-state index in [9.17, 15) is 36.9 Å². The fourth-order valence-corrected chi connectivity index (χ4v) is 1.90. The Kier molecular flexibility index (Phi) is 4.12. The first-order chi connectivity index (χ1) is 11.0. The SMILES string of the molecule is Cc1oncc1C(=O)c1ccc(C(F)(F)C(F)(F)F)cc1[N+](=O)[O-]. The van der Waals surface area contributed by atoms with Crippen LogP contribution >= 0.6 is 0 Å². The van der Waals surface area contributed by atoms with Crippen LogP contribution in [-0.2, 0) is 5.92 Å². The fourth-order valence-electron chi connectivity index (χ4n) is 1.90. The number of nitro groups is 1. The van der Waals surface area contributed by atoms with Gasteiger partial charge in [-0.05, 0) is 13.0 Å². The van der Waals surface area contributed by atoms with E-state index in [-0.39, 0.29) is 17.4 Å². The molecule has 0 radical (unpaired) electrons. The third-order valence-corrected chi connectivity index (χ3v) is 3.15. The molecule has 0 spiro atoms. The predicted molar refractivity (Wildman–Crippen MR) is 67.7 cm³/mol. The summed E-state index contributed by atoms with van der Waals surface area (Å²) in [6.07, 6.45) is -4.98. The number of carbonyl (C=O) groups excluding carboxylic acids is 1. The van der Waals surface area contributed by atoms with Gasteiger partial charge in [0.1, 0.15) is 11.3 Å². The molecule has 11 heteroatoms. The molecule has 0 saturated heterocycles. The molecule has 1 aromatic heterocycles. The molecule has 0 amide bonds. The molecule has 0 atom stereocenters. The maximum atomic E-state index is 13.3. The highest BCUT2D eigenvalue weighted by molar-refractivity contribution is 6.11. The van der Waals surface area contributed by atoms with Crippen LogP contribution in [0.5, 0.6) is 0 Å². The lowest BCUT2D eigenvalue weighted by Crippen LogP contribution is -2.33. The van der Waals surface area contributed by atoms with Crippen LogP contribution < -0.4 is 0 Å². The average molecular weight is 350 g/mol. The zero-order chi connectivity index (χ0) is 18.3. The van der Waals surface area contributed by atoms with E-state index in [0.29, 0.717) is 12.1 Å². The van der Waals surface area contributed by atoms with E-state index in [4.69, 9.17) is 0 Å². The first-order valence-corrected chi connectivity index (χ1v) is 6.16. The fraction of sp³-hybridized carbons (Fsp3) is 0.231. The van der Waals surface area contributed by atoms with Crippen LogP contribution in [0.4, 0.5) is 27.6 Å². The summed E-state index contributed by atoms with van der Waals surface area (Å²) in [5.41, 5.74) is -3.65. The lowest BCUT2D eigenvalue weighted by molar-refractivity contribution is -0.385. The van der Waals surface area contributed by atoms with Gasteiger partial charge in [-0.15, -0.1) is 0 Å². The molecule has 0 aliphatic heterocycles. The zero-order valence-corrected chi connectivity index (χ0v) is 11.7. The minimum absolute atomic E-state index is 0.0130. The third kappa shape index (κ3) is 2.84. The minimum atomic E-state index is -5.93. The van der Waals surface area contributed by atoms with E-state index in [2.05, 4.69) is 9.68 Å². The summed E-state index contributed by atoms with van der Waals surface area (Å²) in [5, 5.41) is 14.3. The Morgan fingerprint density at radius 1 is 1.21 bits per heavy atom. The highest BCUT2D eigenvalue weighted by Gasteiger charge is 2.59. The second-order valence-electron chi connectivity index (χ2n) is 4.69. The van der Waals surface area contributed by atoms with Crippen LogP contribution in [0.2, 0.25) is 0 Å². The van der Waals surface area contributed by atoms with Gasteiger partial charge in [-0.25, -0.2) is 0 Å². The summed E-state index contributed by atoms with van der Waals surface area (Å²) in [6.45, 7) is 1.33. The van der Waals surface area contributed by atoms with Crippen LogP contribution in [-0.4, -0.2) is 22.0 Å². The number of aryl methyl sites for hydroxylation is 1. The van der Waals surface area contributed by atoms with Crippen LogP contribution in [0, 0.1) is 17.0 Å². The summed E-state index contributed by atoms with van der Waals surface area (Å²) in [6, 6.07) is 0.891. The highest BCUT2D eigenvalue weighted by atomic mass is 19.4. The van der Waals surface area contributed by atoms with Crippen molar-refractivity contribution in [3.63, 3.8) is 0 Å². The lowest BCUT2D eigenvalue weighted by Gasteiger charge is -2.19. The number of nitrogens with zero attached hydrogens (tertiary/aromatic N) is 2. The topological polar surface area (TPSA) is 86.2 Å². The van der Waals surface area contributed by atoms with Crippen molar-refractivity contribution in [2.45, 2.75) is 19.0 Å². The highest BCUT2D eigenvalue weighted by Crippen LogP contribution is 2.45. The van der Waals surface area contributed by atoms with E-state index in [1.807, 2.05) is 0 Å². The number of rotatable bonds is 4. The van der Waals surface area contributed by atoms with Crippen molar-refractivity contribution in [1.29, 1.82) is 0 Å². The third-order valence-electron chi connectivity index (χ3n) is 3.15. The number of nitro benzene ring substituents is 1. The molecule has 0 bridgehead atoms. The molecule has 0 fully saturated rings. The normalized spacial score (nSPS) is 12.2. The molecule has 2 aromatic rings. The Balaban J connectivity index is 2.59. The van der Waals surface area contributed by atoms with E-state index in [1.54, 1.807) is 0 Å². The van der Waals surface area contributed by atoms with Crippen LogP contribution in [0.25, 0.3) is 0 Å². The number of alkyl halides is 5. The summed E-state index contributed by atoms with van der Waals surface area (Å²) >= 11 is 0. The second kappa shape index (κ2) is 5.65. The van der Waals surface area contributed by atoms with Gasteiger partial charge in [0.05, 0.1) is 16.7 Å². The summed E-state index contributed by atoms with van der Waals surface area (Å²) in [4.78, 5) is 22.0. The number of hydrogen-bond acceptors (Lipinski definition) is 5. The Morgan fingerprint density at radius 2 is 1.83 bits per heavy atom. The molecule has 24 heavy (non-hydrogen) atoms. The Bertz CT molecular complexity index is 813. The molecule has 1 heterocycles. The molecule has 2 rings (SSSR count). The van der Waals surface area contributed by atoms with Crippen molar-refractivity contribution in [3.8, 4) is 0 Å². The van der Waals surface area contributed by atoms with Gasteiger partial charge in [0.2, 0.25) is 5.78 Å². The van der Waals surface area contributed by atoms with Crippen molar-refractivity contribution in [2.24, 2.45) is 0 Å². The number of hydrogen-bond donors (Lipinski definition) is 0. The maximum Gasteiger partial charge on any atom is 0.458 e. The number of aromatic nitrogens is 1. The molecular formula is C13H7F5N2O4. The van der Waals surface area contributed by atoms with Crippen LogP contribution in [0.3, 0.4) is 0 Å². The monoisotopic (exact) mass is 350 g/mol. The molecule has 6 nitrogen and oxygen atoms in total. The summed E-state index contributed by atoms with van der Waals surface area (Å²) in [7, 11) is 0. The maximum absolute atomic E-state index is 13.3. The Labute approximate surface area is 130 Å². The number of carbonyl (C=O) groups is 1. The Morgan fingerprint density at radius 3 is 2.29 bits per heavy atom. The average Bonchev–Trinajstić information content (AvgIpc) is 2.90. The van der Waals surface area contributed by atoms with E-state index in [0.717, 1.165) is 6.20 Å². The van der Waals surface area contributed by atoms with Crippen molar-refractivity contribution >= 4 is 11.5 Å². The standard InChI is InChI=1S/C13H7F5N2O4/c1-6-9(5-19-24-6)11(21)8-3-2-7(4-10(8)20(22)23)12(14,15)13(16,17)18/h2-5H,1H3. The number of halogens is 5.